The quantitative estimate of drug-likeness (QED) is 0.916. The Balaban J connectivity index is 1.57. The second-order valence-electron chi connectivity index (χ2n) is 7.69. The highest BCUT2D eigenvalue weighted by molar-refractivity contribution is 5.92. The van der Waals surface area contributed by atoms with Crippen LogP contribution in [0.2, 0.25) is 0 Å². The van der Waals surface area contributed by atoms with Gasteiger partial charge in [-0.1, -0.05) is 30.3 Å². The molecule has 0 radical (unpaired) electrons. The highest BCUT2D eigenvalue weighted by Gasteiger charge is 2.23. The third kappa shape index (κ3) is 5.02. The molecule has 0 unspecified atom stereocenters. The molecule has 1 aromatic carbocycles. The SMILES string of the molecule is CC(C)(C)Nc1nccc(C(=O)N2CCN(Cc3ccccc3)CC2)n1. The van der Waals surface area contributed by atoms with Gasteiger partial charge < -0.3 is 10.2 Å². The lowest BCUT2D eigenvalue weighted by Crippen LogP contribution is -2.48. The average Bonchev–Trinajstić information content (AvgIpc) is 2.61. The maximum Gasteiger partial charge on any atom is 0.272 e. The number of nitrogens with zero attached hydrogens (tertiary/aromatic N) is 4. The summed E-state index contributed by atoms with van der Waals surface area (Å²) in [6.45, 7) is 10.2. The number of hydrogen-bond acceptors (Lipinski definition) is 5. The van der Waals surface area contributed by atoms with Gasteiger partial charge in [-0.2, -0.15) is 0 Å². The van der Waals surface area contributed by atoms with Gasteiger partial charge >= 0.3 is 0 Å². The van der Waals surface area contributed by atoms with Crippen LogP contribution in [0.5, 0.6) is 0 Å². The zero-order valence-electron chi connectivity index (χ0n) is 15.8. The van der Waals surface area contributed by atoms with Crippen LogP contribution < -0.4 is 5.32 Å². The molecule has 1 saturated heterocycles. The van der Waals surface area contributed by atoms with Gasteiger partial charge in [-0.05, 0) is 32.4 Å². The van der Waals surface area contributed by atoms with Crippen LogP contribution in [0.1, 0.15) is 36.8 Å². The number of nitrogens with one attached hydrogen (secondary N) is 1. The molecule has 0 saturated carbocycles. The number of rotatable bonds is 4. The third-order valence-corrected chi connectivity index (χ3v) is 4.27. The minimum atomic E-state index is -0.148. The Kier molecular flexibility index (Phi) is 5.52. The summed E-state index contributed by atoms with van der Waals surface area (Å²) < 4.78 is 0. The summed E-state index contributed by atoms with van der Waals surface area (Å²) in [6, 6.07) is 12.1. The Bertz CT molecular complexity index is 733. The van der Waals surface area contributed by atoms with Crippen molar-refractivity contribution in [2.24, 2.45) is 0 Å². The normalized spacial score (nSPS) is 15.7. The minimum absolute atomic E-state index is 0.0243. The maximum atomic E-state index is 12.8. The van der Waals surface area contributed by atoms with E-state index in [1.807, 2.05) is 31.7 Å². The van der Waals surface area contributed by atoms with Gasteiger partial charge in [-0.15, -0.1) is 0 Å². The zero-order valence-corrected chi connectivity index (χ0v) is 15.8. The van der Waals surface area contributed by atoms with Crippen LogP contribution in [0.15, 0.2) is 42.6 Å². The molecule has 1 aliphatic heterocycles. The van der Waals surface area contributed by atoms with E-state index in [4.69, 9.17) is 0 Å². The summed E-state index contributed by atoms with van der Waals surface area (Å²) >= 11 is 0. The molecule has 1 amide bonds. The lowest BCUT2D eigenvalue weighted by Gasteiger charge is -2.34. The Morgan fingerprint density at radius 1 is 1.08 bits per heavy atom. The van der Waals surface area contributed by atoms with Crippen molar-refractivity contribution in [1.29, 1.82) is 0 Å². The van der Waals surface area contributed by atoms with Crippen LogP contribution in [0, 0.1) is 0 Å². The van der Waals surface area contributed by atoms with Gasteiger partial charge in [-0.25, -0.2) is 9.97 Å². The molecule has 138 valence electrons. The molecule has 2 heterocycles. The number of aromatic nitrogens is 2. The first kappa shape index (κ1) is 18.3. The number of carbonyl (C=O) groups excluding carboxylic acids is 1. The summed E-state index contributed by atoms with van der Waals surface area (Å²) in [5.41, 5.74) is 1.61. The first-order valence-electron chi connectivity index (χ1n) is 9.07. The Morgan fingerprint density at radius 3 is 2.42 bits per heavy atom. The van der Waals surface area contributed by atoms with Crippen molar-refractivity contribution in [3.63, 3.8) is 0 Å². The minimum Gasteiger partial charge on any atom is -0.350 e. The Labute approximate surface area is 155 Å². The third-order valence-electron chi connectivity index (χ3n) is 4.27. The molecule has 0 spiro atoms. The van der Waals surface area contributed by atoms with Gasteiger partial charge in [0.15, 0.2) is 0 Å². The average molecular weight is 353 g/mol. The van der Waals surface area contributed by atoms with E-state index in [1.165, 1.54) is 5.56 Å². The molecule has 2 aromatic rings. The first-order chi connectivity index (χ1) is 12.4. The van der Waals surface area contributed by atoms with Crippen molar-refractivity contribution < 1.29 is 4.79 Å². The van der Waals surface area contributed by atoms with Gasteiger partial charge in [0.1, 0.15) is 5.69 Å². The molecule has 26 heavy (non-hydrogen) atoms. The van der Waals surface area contributed by atoms with Crippen LogP contribution in [0.25, 0.3) is 0 Å². The summed E-state index contributed by atoms with van der Waals surface area (Å²) in [7, 11) is 0. The zero-order chi connectivity index (χ0) is 18.6. The van der Waals surface area contributed by atoms with Crippen LogP contribution in [-0.2, 0) is 6.54 Å². The molecule has 1 N–H and O–H groups in total. The first-order valence-corrected chi connectivity index (χ1v) is 9.07. The highest BCUT2D eigenvalue weighted by atomic mass is 16.2. The Morgan fingerprint density at radius 2 is 1.77 bits per heavy atom. The number of amides is 1. The van der Waals surface area contributed by atoms with Crippen molar-refractivity contribution in [2.75, 3.05) is 31.5 Å². The van der Waals surface area contributed by atoms with Gasteiger partial charge in [0.05, 0.1) is 0 Å². The van der Waals surface area contributed by atoms with E-state index >= 15 is 0 Å². The predicted molar refractivity (Wildman–Crippen MR) is 103 cm³/mol. The lowest BCUT2D eigenvalue weighted by molar-refractivity contribution is 0.0622. The van der Waals surface area contributed by atoms with Crippen molar-refractivity contribution in [2.45, 2.75) is 32.9 Å². The standard InChI is InChI=1S/C20H27N5O/c1-20(2,3)23-19-21-10-9-17(22-19)18(26)25-13-11-24(12-14-25)15-16-7-5-4-6-8-16/h4-10H,11-15H2,1-3H3,(H,21,22,23). The monoisotopic (exact) mass is 353 g/mol. The van der Waals surface area contributed by atoms with Crippen molar-refractivity contribution >= 4 is 11.9 Å². The summed E-state index contributed by atoms with van der Waals surface area (Å²) in [5, 5.41) is 3.21. The number of hydrogen-bond donors (Lipinski definition) is 1. The lowest BCUT2D eigenvalue weighted by atomic mass is 10.1. The molecule has 0 atom stereocenters. The molecule has 6 nitrogen and oxygen atoms in total. The molecule has 1 aromatic heterocycles. The van der Waals surface area contributed by atoms with Crippen molar-refractivity contribution in [3.05, 3.63) is 53.9 Å². The van der Waals surface area contributed by atoms with Gasteiger partial charge in [0.2, 0.25) is 5.95 Å². The molecule has 3 rings (SSSR count). The molecule has 0 bridgehead atoms. The topological polar surface area (TPSA) is 61.4 Å². The van der Waals surface area contributed by atoms with E-state index in [0.29, 0.717) is 11.6 Å². The van der Waals surface area contributed by atoms with Gasteiger partial charge in [-0.3, -0.25) is 9.69 Å². The second kappa shape index (κ2) is 7.83. The van der Waals surface area contributed by atoms with E-state index in [1.54, 1.807) is 12.3 Å². The summed E-state index contributed by atoms with van der Waals surface area (Å²) in [4.78, 5) is 25.6. The Hall–Kier alpha value is -2.47. The molecule has 6 heteroatoms. The predicted octanol–water partition coefficient (Wildman–Crippen LogP) is 2.65. The van der Waals surface area contributed by atoms with Gasteiger partial charge in [0.25, 0.3) is 5.91 Å². The van der Waals surface area contributed by atoms with E-state index < -0.39 is 0 Å². The fourth-order valence-corrected chi connectivity index (χ4v) is 2.99. The fourth-order valence-electron chi connectivity index (χ4n) is 2.99. The maximum absolute atomic E-state index is 12.8. The molecular weight excluding hydrogens is 326 g/mol. The molecular formula is C20H27N5O. The highest BCUT2D eigenvalue weighted by Crippen LogP contribution is 2.13. The van der Waals surface area contributed by atoms with Crippen LogP contribution >= 0.6 is 0 Å². The molecule has 1 aliphatic rings. The summed E-state index contributed by atoms with van der Waals surface area (Å²) in [6.07, 6.45) is 1.64. The second-order valence-corrected chi connectivity index (χ2v) is 7.69. The van der Waals surface area contributed by atoms with Crippen LogP contribution in [0.4, 0.5) is 5.95 Å². The van der Waals surface area contributed by atoms with Crippen LogP contribution in [-0.4, -0.2) is 57.4 Å². The van der Waals surface area contributed by atoms with Gasteiger partial charge in [0, 0.05) is 44.5 Å². The smallest absolute Gasteiger partial charge is 0.272 e. The number of benzene rings is 1. The molecule has 1 fully saturated rings. The largest absolute Gasteiger partial charge is 0.350 e. The number of carbonyl (C=O) groups is 1. The van der Waals surface area contributed by atoms with Crippen molar-refractivity contribution in [1.82, 2.24) is 19.8 Å². The van der Waals surface area contributed by atoms with E-state index in [0.717, 1.165) is 32.7 Å². The van der Waals surface area contributed by atoms with Crippen LogP contribution in [0.3, 0.4) is 0 Å². The van der Waals surface area contributed by atoms with Crippen molar-refractivity contribution in [3.8, 4) is 0 Å². The fraction of sp³-hybridized carbons (Fsp3) is 0.450. The number of anilines is 1. The van der Waals surface area contributed by atoms with E-state index in [9.17, 15) is 4.79 Å². The molecule has 0 aliphatic carbocycles. The number of piperazine rings is 1. The summed E-state index contributed by atoms with van der Waals surface area (Å²) in [5.74, 6) is 0.467. The van der Waals surface area contributed by atoms with E-state index in [-0.39, 0.29) is 11.4 Å². The van der Waals surface area contributed by atoms with E-state index in [2.05, 4.69) is 44.5 Å².